The number of anilines is 1. The number of esters is 2. The lowest BCUT2D eigenvalue weighted by molar-refractivity contribution is -0.151. The molecule has 1 heterocycles. The second-order valence-electron chi connectivity index (χ2n) is 9.15. The molecule has 1 aromatic carbocycles. The molecule has 33 heavy (non-hydrogen) atoms. The van der Waals surface area contributed by atoms with Crippen LogP contribution < -0.4 is 10.2 Å². The fourth-order valence-electron chi connectivity index (χ4n) is 4.58. The van der Waals surface area contributed by atoms with E-state index in [4.69, 9.17) is 9.47 Å². The van der Waals surface area contributed by atoms with Crippen LogP contribution in [0.2, 0.25) is 0 Å². The monoisotopic (exact) mass is 454 g/mol. The summed E-state index contributed by atoms with van der Waals surface area (Å²) in [5.74, 6) is -3.04. The van der Waals surface area contributed by atoms with Gasteiger partial charge in [-0.1, -0.05) is 26.0 Å². The van der Waals surface area contributed by atoms with Crippen molar-refractivity contribution in [2.24, 2.45) is 11.8 Å². The lowest BCUT2D eigenvalue weighted by atomic mass is 9.69. The number of carbonyl (C=O) groups is 3. The molecule has 7 heteroatoms. The summed E-state index contributed by atoms with van der Waals surface area (Å²) in [5.41, 5.74) is 4.08. The Balaban J connectivity index is 2.16. The number of hydrogen-bond acceptors (Lipinski definition) is 7. The van der Waals surface area contributed by atoms with Crippen molar-refractivity contribution in [3.63, 3.8) is 0 Å². The van der Waals surface area contributed by atoms with E-state index in [0.29, 0.717) is 29.7 Å². The molecule has 0 amide bonds. The third kappa shape index (κ3) is 4.68. The molecule has 0 bridgehead atoms. The maximum atomic E-state index is 13.7. The van der Waals surface area contributed by atoms with Gasteiger partial charge in [-0.15, -0.1) is 0 Å². The van der Waals surface area contributed by atoms with Gasteiger partial charge in [0.2, 0.25) is 0 Å². The Hall–Kier alpha value is -3.09. The van der Waals surface area contributed by atoms with Crippen molar-refractivity contribution in [1.82, 2.24) is 5.32 Å². The quantitative estimate of drug-likeness (QED) is 0.518. The number of dihydropyridines is 1. The first-order valence-corrected chi connectivity index (χ1v) is 11.4. The molecule has 4 atom stereocenters. The minimum absolute atomic E-state index is 0.214. The first-order valence-electron chi connectivity index (χ1n) is 11.4. The van der Waals surface area contributed by atoms with Crippen molar-refractivity contribution in [2.75, 3.05) is 26.1 Å². The van der Waals surface area contributed by atoms with Gasteiger partial charge >= 0.3 is 11.9 Å². The normalized spacial score (nSPS) is 23.5. The Morgan fingerprint density at radius 3 is 2.39 bits per heavy atom. The summed E-state index contributed by atoms with van der Waals surface area (Å²) in [6.45, 7) is 7.50. The average molecular weight is 455 g/mol. The van der Waals surface area contributed by atoms with Gasteiger partial charge in [0.1, 0.15) is 5.92 Å². The number of allylic oxidation sites excluding steroid dienone is 3. The van der Waals surface area contributed by atoms with E-state index in [0.717, 1.165) is 16.9 Å². The molecule has 0 fully saturated rings. The molecule has 0 radical (unpaired) electrons. The minimum atomic E-state index is -0.899. The molecule has 1 aliphatic heterocycles. The minimum Gasteiger partial charge on any atom is -0.468 e. The van der Waals surface area contributed by atoms with Gasteiger partial charge in [-0.05, 0) is 50.3 Å². The Labute approximate surface area is 195 Å². The third-order valence-corrected chi connectivity index (χ3v) is 6.59. The molecule has 0 aromatic heterocycles. The van der Waals surface area contributed by atoms with Crippen molar-refractivity contribution < 1.29 is 23.9 Å². The van der Waals surface area contributed by atoms with Crippen LogP contribution in [0.5, 0.6) is 0 Å². The van der Waals surface area contributed by atoms with Gasteiger partial charge in [0.15, 0.2) is 5.78 Å². The van der Waals surface area contributed by atoms with Crippen LogP contribution in [0.25, 0.3) is 0 Å². The molecule has 3 rings (SSSR count). The summed E-state index contributed by atoms with van der Waals surface area (Å²) in [7, 11) is 5.19. The highest BCUT2D eigenvalue weighted by Gasteiger charge is 2.47. The summed E-state index contributed by atoms with van der Waals surface area (Å²) in [6, 6.07) is 7.77. The van der Waals surface area contributed by atoms with Crippen LogP contribution in [0, 0.1) is 11.8 Å². The number of rotatable bonds is 6. The van der Waals surface area contributed by atoms with Crippen LogP contribution in [0.1, 0.15) is 52.0 Å². The number of benzene rings is 1. The third-order valence-electron chi connectivity index (χ3n) is 6.59. The number of Topliss-reactive ketones (excluding diaryl/α,β-unsaturated/α-hetero) is 1. The number of ether oxygens (including phenoxy) is 2. The molecule has 2 aliphatic rings. The Morgan fingerprint density at radius 2 is 1.85 bits per heavy atom. The van der Waals surface area contributed by atoms with E-state index < -0.39 is 23.8 Å². The second kappa shape index (κ2) is 9.81. The summed E-state index contributed by atoms with van der Waals surface area (Å²) < 4.78 is 10.6. The van der Waals surface area contributed by atoms with Gasteiger partial charge in [-0.25, -0.2) is 4.79 Å². The first-order chi connectivity index (χ1) is 15.6. The van der Waals surface area contributed by atoms with Gasteiger partial charge in [-0.2, -0.15) is 0 Å². The van der Waals surface area contributed by atoms with Crippen LogP contribution in [0.3, 0.4) is 0 Å². The number of nitrogens with one attached hydrogen (secondary N) is 1. The predicted molar refractivity (Wildman–Crippen MR) is 127 cm³/mol. The van der Waals surface area contributed by atoms with Crippen LogP contribution in [-0.2, 0) is 23.9 Å². The van der Waals surface area contributed by atoms with Crippen LogP contribution >= 0.6 is 0 Å². The second-order valence-corrected chi connectivity index (χ2v) is 9.15. The molecule has 1 N–H and O–H groups in total. The fraction of sp³-hybridized carbons (Fsp3) is 0.500. The van der Waals surface area contributed by atoms with Gasteiger partial charge in [-0.3, -0.25) is 9.59 Å². The zero-order chi connectivity index (χ0) is 24.4. The highest BCUT2D eigenvalue weighted by Crippen LogP contribution is 2.45. The van der Waals surface area contributed by atoms with Crippen LogP contribution in [0.4, 0.5) is 5.69 Å². The molecule has 1 aliphatic carbocycles. The van der Waals surface area contributed by atoms with E-state index in [1.54, 1.807) is 0 Å². The lowest BCUT2D eigenvalue weighted by Gasteiger charge is -2.38. The van der Waals surface area contributed by atoms with Gasteiger partial charge in [0.05, 0.1) is 18.8 Å². The number of nitrogens with zero attached hydrogens (tertiary/aromatic N) is 1. The van der Waals surface area contributed by atoms with Crippen molar-refractivity contribution in [3.8, 4) is 0 Å². The van der Waals surface area contributed by atoms with E-state index in [9.17, 15) is 14.4 Å². The largest absolute Gasteiger partial charge is 0.468 e. The molecule has 7 nitrogen and oxygen atoms in total. The highest BCUT2D eigenvalue weighted by molar-refractivity contribution is 6.12. The molecule has 178 valence electrons. The Bertz CT molecular complexity index is 1010. The first kappa shape index (κ1) is 24.6. The highest BCUT2D eigenvalue weighted by atomic mass is 16.5. The SMILES string of the molecule is CC[C@H](C)OC(=O)C1=C(C)NC2=C(C(=O)[C@H](C(=O)OC)[C@H](C)C2)[C@@H]1c1ccc(N(C)C)cc1. The topological polar surface area (TPSA) is 84.9 Å². The molecular weight excluding hydrogens is 420 g/mol. The van der Waals surface area contributed by atoms with E-state index in [2.05, 4.69) is 5.32 Å². The molecule has 0 saturated carbocycles. The summed E-state index contributed by atoms with van der Waals surface area (Å²) in [5, 5.41) is 3.29. The summed E-state index contributed by atoms with van der Waals surface area (Å²) in [6.07, 6.45) is 0.940. The maximum Gasteiger partial charge on any atom is 0.337 e. The standard InChI is InChI=1S/C26H34N2O5/c1-8-15(3)33-26(31)21-16(4)27-19-13-14(2)20(25(30)32-7)24(29)23(19)22(21)17-9-11-18(12-10-17)28(5)6/h9-12,14-15,20,22,27H,8,13H2,1-7H3/t14-,15+,20-,22-/m1/s1. The molecule has 0 spiro atoms. The van der Waals surface area contributed by atoms with E-state index in [1.165, 1.54) is 7.11 Å². The van der Waals surface area contributed by atoms with Gasteiger partial charge in [0.25, 0.3) is 0 Å². The smallest absolute Gasteiger partial charge is 0.337 e. The van der Waals surface area contributed by atoms with E-state index in [1.807, 2.05) is 71.0 Å². The fourth-order valence-corrected chi connectivity index (χ4v) is 4.58. The van der Waals surface area contributed by atoms with Crippen LogP contribution in [0.15, 0.2) is 46.8 Å². The summed E-state index contributed by atoms with van der Waals surface area (Å²) in [4.78, 5) is 41.5. The Morgan fingerprint density at radius 1 is 1.21 bits per heavy atom. The maximum absolute atomic E-state index is 13.7. The lowest BCUT2D eigenvalue weighted by Crippen LogP contribution is -2.43. The molecule has 0 unspecified atom stereocenters. The van der Waals surface area contributed by atoms with Crippen molar-refractivity contribution >= 4 is 23.4 Å². The van der Waals surface area contributed by atoms with Gasteiger partial charge in [0, 0.05) is 42.7 Å². The molecular formula is C26H34N2O5. The molecule has 1 aromatic rings. The average Bonchev–Trinajstić information content (AvgIpc) is 2.77. The zero-order valence-corrected chi connectivity index (χ0v) is 20.5. The molecule has 0 saturated heterocycles. The number of carbonyl (C=O) groups excluding carboxylic acids is 3. The number of ketones is 1. The van der Waals surface area contributed by atoms with Crippen LogP contribution in [-0.4, -0.2) is 45.0 Å². The van der Waals surface area contributed by atoms with Crippen molar-refractivity contribution in [3.05, 3.63) is 52.4 Å². The van der Waals surface area contributed by atoms with E-state index in [-0.39, 0.29) is 17.8 Å². The number of methoxy groups -OCH3 is 1. The zero-order valence-electron chi connectivity index (χ0n) is 20.5. The number of hydrogen-bond donors (Lipinski definition) is 1. The van der Waals surface area contributed by atoms with Crippen molar-refractivity contribution in [1.29, 1.82) is 0 Å². The van der Waals surface area contributed by atoms with Crippen molar-refractivity contribution in [2.45, 2.75) is 52.6 Å². The van der Waals surface area contributed by atoms with E-state index >= 15 is 0 Å². The Kier molecular flexibility index (Phi) is 7.30. The summed E-state index contributed by atoms with van der Waals surface area (Å²) >= 11 is 0. The van der Waals surface area contributed by atoms with Gasteiger partial charge < -0.3 is 19.7 Å². The predicted octanol–water partition coefficient (Wildman–Crippen LogP) is 3.71.